The summed E-state index contributed by atoms with van der Waals surface area (Å²) in [7, 11) is -3.88. The van der Waals surface area contributed by atoms with Gasteiger partial charge in [-0.3, -0.25) is 9.10 Å². The Morgan fingerprint density at radius 2 is 1.83 bits per heavy atom. The van der Waals surface area contributed by atoms with E-state index in [2.05, 4.69) is 0 Å². The van der Waals surface area contributed by atoms with Gasteiger partial charge in [0.1, 0.15) is 6.04 Å². The lowest BCUT2D eigenvalue weighted by atomic mass is 9.98. The summed E-state index contributed by atoms with van der Waals surface area (Å²) in [5.41, 5.74) is 8.84. The molecule has 2 aromatic rings. The summed E-state index contributed by atoms with van der Waals surface area (Å²) in [5.74, 6) is -0.628. The van der Waals surface area contributed by atoms with Crippen LogP contribution < -0.4 is 10.0 Å². The van der Waals surface area contributed by atoms with E-state index in [1.165, 1.54) is 4.31 Å². The summed E-state index contributed by atoms with van der Waals surface area (Å²) in [6.45, 7) is 3.79. The summed E-state index contributed by atoms with van der Waals surface area (Å²) >= 11 is 0. The molecule has 126 valence electrons. The number of primary amides is 1. The average Bonchev–Trinajstić information content (AvgIpc) is 2.55. The first-order chi connectivity index (χ1) is 11.3. The third kappa shape index (κ3) is 2.67. The lowest BCUT2D eigenvalue weighted by molar-refractivity contribution is -0.119. The highest BCUT2D eigenvalue weighted by atomic mass is 32.2. The highest BCUT2D eigenvalue weighted by Crippen LogP contribution is 2.35. The van der Waals surface area contributed by atoms with E-state index < -0.39 is 22.0 Å². The average molecular weight is 344 g/mol. The van der Waals surface area contributed by atoms with Crippen LogP contribution in [0.3, 0.4) is 0 Å². The van der Waals surface area contributed by atoms with E-state index in [0.717, 1.165) is 16.7 Å². The fourth-order valence-electron chi connectivity index (χ4n) is 3.06. The normalized spacial score (nSPS) is 17.4. The molecule has 0 spiro atoms. The second-order valence-electron chi connectivity index (χ2n) is 6.13. The molecular weight excluding hydrogens is 324 g/mol. The highest BCUT2D eigenvalue weighted by Gasteiger charge is 2.38. The first-order valence-corrected chi connectivity index (χ1v) is 9.25. The van der Waals surface area contributed by atoms with Crippen LogP contribution in [0.15, 0.2) is 47.4 Å². The molecule has 2 N–H and O–H groups in total. The first-order valence-electron chi connectivity index (χ1n) is 7.81. The van der Waals surface area contributed by atoms with Crippen molar-refractivity contribution in [3.8, 4) is 0 Å². The van der Waals surface area contributed by atoms with E-state index in [1.807, 2.05) is 26.0 Å². The number of sulfonamides is 1. The number of carbonyl (C=O) groups is 1. The van der Waals surface area contributed by atoms with Crippen molar-refractivity contribution in [2.24, 2.45) is 5.73 Å². The van der Waals surface area contributed by atoms with E-state index in [1.54, 1.807) is 30.3 Å². The topological polar surface area (TPSA) is 80.5 Å². The molecule has 1 amide bonds. The number of carbonyl (C=O) groups excluding carboxylic acids is 1. The van der Waals surface area contributed by atoms with Crippen LogP contribution in [-0.4, -0.2) is 20.4 Å². The van der Waals surface area contributed by atoms with Gasteiger partial charge in [-0.1, -0.05) is 24.3 Å². The van der Waals surface area contributed by atoms with Gasteiger partial charge in [0.25, 0.3) is 10.0 Å². The fourth-order valence-corrected chi connectivity index (χ4v) is 4.83. The number of rotatable bonds is 3. The third-order valence-electron chi connectivity index (χ3n) is 4.56. The van der Waals surface area contributed by atoms with Gasteiger partial charge < -0.3 is 5.73 Å². The number of anilines is 1. The van der Waals surface area contributed by atoms with Gasteiger partial charge in [-0.05, 0) is 61.6 Å². The minimum absolute atomic E-state index is 0.175. The minimum Gasteiger partial charge on any atom is -0.368 e. The Morgan fingerprint density at radius 1 is 1.12 bits per heavy atom. The molecular formula is C18H20N2O3S. The molecule has 1 heterocycles. The fraction of sp³-hybridized carbons (Fsp3) is 0.278. The maximum Gasteiger partial charge on any atom is 0.265 e. The molecule has 5 nitrogen and oxygen atoms in total. The van der Waals surface area contributed by atoms with E-state index in [-0.39, 0.29) is 4.90 Å². The van der Waals surface area contributed by atoms with Gasteiger partial charge in [-0.2, -0.15) is 0 Å². The second-order valence-corrected chi connectivity index (χ2v) is 7.95. The Morgan fingerprint density at radius 3 is 2.50 bits per heavy atom. The molecule has 1 atom stereocenters. The van der Waals surface area contributed by atoms with Crippen LogP contribution in [0, 0.1) is 13.8 Å². The van der Waals surface area contributed by atoms with Gasteiger partial charge in [0.2, 0.25) is 5.91 Å². The predicted octanol–water partition coefficient (Wildman–Crippen LogP) is 2.30. The molecule has 0 bridgehead atoms. The Bertz CT molecular complexity index is 906. The van der Waals surface area contributed by atoms with E-state index in [4.69, 9.17) is 5.73 Å². The molecule has 24 heavy (non-hydrogen) atoms. The minimum atomic E-state index is -3.88. The number of para-hydroxylation sites is 1. The monoisotopic (exact) mass is 344 g/mol. The third-order valence-corrected chi connectivity index (χ3v) is 6.38. The van der Waals surface area contributed by atoms with Crippen LogP contribution in [0.4, 0.5) is 5.69 Å². The molecule has 2 aromatic carbocycles. The lowest BCUT2D eigenvalue weighted by Gasteiger charge is -2.36. The standard InChI is InChI=1S/C18H20N2O3S/c1-12-7-9-15(11-13(12)2)24(22,23)20-16-6-4-3-5-14(16)8-10-17(20)18(19)21/h3-7,9,11,17H,8,10H2,1-2H3,(H2,19,21)/t17-/m0/s1. The lowest BCUT2D eigenvalue weighted by Crippen LogP contribution is -2.50. The number of fused-ring (bicyclic) bond motifs is 1. The zero-order valence-corrected chi connectivity index (χ0v) is 14.5. The molecule has 1 aliphatic rings. The van der Waals surface area contributed by atoms with E-state index in [0.29, 0.717) is 18.5 Å². The van der Waals surface area contributed by atoms with Crippen LogP contribution in [-0.2, 0) is 21.2 Å². The molecule has 1 aliphatic heterocycles. The second kappa shape index (κ2) is 5.94. The Labute approximate surface area is 142 Å². The maximum atomic E-state index is 13.2. The van der Waals surface area contributed by atoms with Gasteiger partial charge in [0, 0.05) is 0 Å². The number of hydrogen-bond acceptors (Lipinski definition) is 3. The quantitative estimate of drug-likeness (QED) is 0.928. The van der Waals surface area contributed by atoms with Crippen LogP contribution >= 0.6 is 0 Å². The van der Waals surface area contributed by atoms with Crippen molar-refractivity contribution in [3.05, 3.63) is 59.2 Å². The number of amides is 1. The molecule has 0 saturated heterocycles. The summed E-state index contributed by atoms with van der Waals surface area (Å²) in [6.07, 6.45) is 1.01. The molecule has 0 radical (unpaired) electrons. The number of aryl methyl sites for hydroxylation is 3. The molecule has 6 heteroatoms. The number of hydrogen-bond donors (Lipinski definition) is 1. The Balaban J connectivity index is 2.19. The van der Waals surface area contributed by atoms with Crippen molar-refractivity contribution in [3.63, 3.8) is 0 Å². The largest absolute Gasteiger partial charge is 0.368 e. The van der Waals surface area contributed by atoms with Crippen LogP contribution in [0.2, 0.25) is 0 Å². The van der Waals surface area contributed by atoms with Crippen LogP contribution in [0.5, 0.6) is 0 Å². The van der Waals surface area contributed by atoms with Gasteiger partial charge in [0.15, 0.2) is 0 Å². The summed E-state index contributed by atoms with van der Waals surface area (Å²) in [6, 6.07) is 11.4. The zero-order valence-electron chi connectivity index (χ0n) is 13.7. The van der Waals surface area contributed by atoms with E-state index >= 15 is 0 Å². The number of nitrogens with two attached hydrogens (primary N) is 1. The number of nitrogens with zero attached hydrogens (tertiary/aromatic N) is 1. The van der Waals surface area contributed by atoms with E-state index in [9.17, 15) is 13.2 Å². The molecule has 0 saturated carbocycles. The Kier molecular flexibility index (Phi) is 4.09. The molecule has 0 unspecified atom stereocenters. The van der Waals surface area contributed by atoms with Crippen LogP contribution in [0.25, 0.3) is 0 Å². The first kappa shape index (κ1) is 16.5. The number of benzene rings is 2. The van der Waals surface area contributed by atoms with Gasteiger partial charge in [-0.15, -0.1) is 0 Å². The van der Waals surface area contributed by atoms with Crippen molar-refractivity contribution < 1.29 is 13.2 Å². The summed E-state index contributed by atoms with van der Waals surface area (Å²) in [5, 5.41) is 0. The van der Waals surface area contributed by atoms with Crippen molar-refractivity contribution in [1.29, 1.82) is 0 Å². The van der Waals surface area contributed by atoms with Crippen molar-refractivity contribution in [1.82, 2.24) is 0 Å². The SMILES string of the molecule is Cc1ccc(S(=O)(=O)N2c3ccccc3CC[C@H]2C(N)=O)cc1C. The molecule has 0 aliphatic carbocycles. The molecule has 0 fully saturated rings. The summed E-state index contributed by atoms with van der Waals surface area (Å²) in [4.78, 5) is 12.1. The molecule has 3 rings (SSSR count). The van der Waals surface area contributed by atoms with Crippen molar-refractivity contribution in [2.75, 3.05) is 4.31 Å². The zero-order chi connectivity index (χ0) is 17.5. The molecule has 0 aromatic heterocycles. The predicted molar refractivity (Wildman–Crippen MR) is 93.3 cm³/mol. The van der Waals surface area contributed by atoms with Crippen LogP contribution in [0.1, 0.15) is 23.1 Å². The smallest absolute Gasteiger partial charge is 0.265 e. The van der Waals surface area contributed by atoms with Gasteiger partial charge in [-0.25, -0.2) is 8.42 Å². The summed E-state index contributed by atoms with van der Waals surface area (Å²) < 4.78 is 27.7. The Hall–Kier alpha value is -2.34. The van der Waals surface area contributed by atoms with Crippen molar-refractivity contribution in [2.45, 2.75) is 37.6 Å². The maximum absolute atomic E-state index is 13.2. The van der Waals surface area contributed by atoms with Crippen molar-refractivity contribution >= 4 is 21.6 Å². The van der Waals surface area contributed by atoms with Gasteiger partial charge >= 0.3 is 0 Å². The highest BCUT2D eigenvalue weighted by molar-refractivity contribution is 7.93. The van der Waals surface area contributed by atoms with Gasteiger partial charge in [0.05, 0.1) is 10.6 Å².